The summed E-state index contributed by atoms with van der Waals surface area (Å²) >= 11 is 0. The second-order valence-corrected chi connectivity index (χ2v) is 14.8. The van der Waals surface area contributed by atoms with Gasteiger partial charge in [-0.1, -0.05) is 101 Å². The third-order valence-corrected chi connectivity index (χ3v) is 6.98. The molecular weight excluding hydrogens is 504 g/mol. The lowest BCUT2D eigenvalue weighted by atomic mass is 9.78. The van der Waals surface area contributed by atoms with Crippen LogP contribution in [0.2, 0.25) is 0 Å². The largest absolute Gasteiger partial charge is 0.493 e. The Morgan fingerprint density at radius 3 is 1.48 bits per heavy atom. The maximum absolute atomic E-state index is 12.4. The predicted molar refractivity (Wildman–Crippen MR) is 161 cm³/mol. The minimum absolute atomic E-state index is 0.113. The second kappa shape index (κ2) is 11.8. The van der Waals surface area contributed by atoms with Crippen molar-refractivity contribution >= 4 is 11.9 Å². The van der Waals surface area contributed by atoms with Crippen molar-refractivity contribution in [2.24, 2.45) is 0 Å². The first-order valence-electron chi connectivity index (χ1n) is 14.1. The molecule has 0 aliphatic heterocycles. The van der Waals surface area contributed by atoms with E-state index in [4.69, 9.17) is 9.47 Å². The highest BCUT2D eigenvalue weighted by molar-refractivity contribution is 5.89. The molecule has 40 heavy (non-hydrogen) atoms. The summed E-state index contributed by atoms with van der Waals surface area (Å²) in [5.41, 5.74) is 2.59. The Morgan fingerprint density at radius 1 is 0.700 bits per heavy atom. The first-order chi connectivity index (χ1) is 18.0. The fourth-order valence-electron chi connectivity index (χ4n) is 4.69. The quantitative estimate of drug-likeness (QED) is 0.303. The highest BCUT2D eigenvalue weighted by Gasteiger charge is 2.32. The molecule has 0 radical (unpaired) electrons. The van der Waals surface area contributed by atoms with Crippen molar-refractivity contribution in [2.75, 3.05) is 6.61 Å². The first-order valence-corrected chi connectivity index (χ1v) is 14.1. The SMILES string of the molecule is CC(C)(C)c1cccc(C(C)(C)C)c1OCCCC(Oc1c(C(C)(C)C)cc(C(=O)O)cc1C(C)(C)C)C(=O)O. The molecular formula is C34H50O6. The van der Waals surface area contributed by atoms with Gasteiger partial charge in [-0.15, -0.1) is 0 Å². The molecule has 6 nitrogen and oxygen atoms in total. The maximum atomic E-state index is 12.4. The van der Waals surface area contributed by atoms with Gasteiger partial charge in [0.05, 0.1) is 12.2 Å². The van der Waals surface area contributed by atoms with Gasteiger partial charge in [-0.2, -0.15) is 0 Å². The molecule has 0 aromatic heterocycles. The Labute approximate surface area is 241 Å². The smallest absolute Gasteiger partial charge is 0.344 e. The molecule has 0 bridgehead atoms. The van der Waals surface area contributed by atoms with Gasteiger partial charge in [-0.25, -0.2) is 9.59 Å². The number of hydrogen-bond acceptors (Lipinski definition) is 4. The van der Waals surface area contributed by atoms with Gasteiger partial charge >= 0.3 is 11.9 Å². The summed E-state index contributed by atoms with van der Waals surface area (Å²) in [4.78, 5) is 24.3. The van der Waals surface area contributed by atoms with Gasteiger partial charge in [-0.3, -0.25) is 0 Å². The standard InChI is InChI=1S/C34H50O6/c1-31(2,3)22-15-13-16-23(32(4,5)6)27(22)39-18-14-17-26(30(37)38)40-28-24(33(7,8)9)19-21(29(35)36)20-25(28)34(10,11)12/h13,15-16,19-20,26H,14,17-18H2,1-12H3,(H,35,36)(H,37,38). The van der Waals surface area contributed by atoms with Crippen molar-refractivity contribution < 1.29 is 29.3 Å². The highest BCUT2D eigenvalue weighted by Crippen LogP contribution is 2.42. The van der Waals surface area contributed by atoms with E-state index in [1.165, 1.54) is 0 Å². The molecule has 1 unspecified atom stereocenters. The molecule has 0 aliphatic rings. The third-order valence-electron chi connectivity index (χ3n) is 6.98. The Morgan fingerprint density at radius 2 is 1.12 bits per heavy atom. The molecule has 0 aliphatic carbocycles. The normalized spacial score (nSPS) is 13.6. The Balaban J connectivity index is 2.39. The second-order valence-electron chi connectivity index (χ2n) is 14.8. The molecule has 2 rings (SSSR count). The van der Waals surface area contributed by atoms with Crippen LogP contribution in [-0.4, -0.2) is 34.9 Å². The minimum atomic E-state index is -1.11. The van der Waals surface area contributed by atoms with Crippen molar-refractivity contribution in [3.8, 4) is 11.5 Å². The van der Waals surface area contributed by atoms with Crippen LogP contribution in [0, 0.1) is 0 Å². The van der Waals surface area contributed by atoms with E-state index in [-0.39, 0.29) is 22.8 Å². The minimum Gasteiger partial charge on any atom is -0.493 e. The lowest BCUT2D eigenvalue weighted by molar-refractivity contribution is -0.145. The van der Waals surface area contributed by atoms with Crippen molar-refractivity contribution in [2.45, 2.75) is 124 Å². The number of carboxylic acid groups (broad SMARTS) is 2. The number of aromatic carboxylic acids is 1. The fourth-order valence-corrected chi connectivity index (χ4v) is 4.69. The maximum Gasteiger partial charge on any atom is 0.344 e. The molecule has 0 heterocycles. The number of aliphatic carboxylic acids is 1. The first kappa shape index (κ1) is 33.2. The summed E-state index contributed by atoms with van der Waals surface area (Å²) in [6.07, 6.45) is -0.394. The van der Waals surface area contributed by atoms with E-state index < -0.39 is 28.9 Å². The van der Waals surface area contributed by atoms with Gasteiger partial charge in [0.15, 0.2) is 6.10 Å². The zero-order valence-corrected chi connectivity index (χ0v) is 26.6. The average Bonchev–Trinajstić information content (AvgIpc) is 2.77. The van der Waals surface area contributed by atoms with Gasteiger partial charge in [0.25, 0.3) is 0 Å². The number of ether oxygens (including phenoxy) is 2. The molecule has 2 aromatic rings. The predicted octanol–water partition coefficient (Wildman–Crippen LogP) is 8.27. The average molecular weight is 555 g/mol. The monoisotopic (exact) mass is 554 g/mol. The molecule has 0 spiro atoms. The molecule has 0 fully saturated rings. The number of para-hydroxylation sites is 1. The Kier molecular flexibility index (Phi) is 9.82. The van der Waals surface area contributed by atoms with Gasteiger partial charge in [0.2, 0.25) is 0 Å². The Hall–Kier alpha value is -3.02. The summed E-state index contributed by atoms with van der Waals surface area (Å²) in [6.45, 7) is 25.1. The Bertz CT molecular complexity index is 1150. The molecule has 0 saturated heterocycles. The summed E-state index contributed by atoms with van der Waals surface area (Å²) in [6, 6.07) is 9.46. The van der Waals surface area contributed by atoms with Crippen molar-refractivity contribution in [3.63, 3.8) is 0 Å². The molecule has 6 heteroatoms. The van der Waals surface area contributed by atoms with E-state index in [0.29, 0.717) is 29.9 Å². The molecule has 2 N–H and O–H groups in total. The van der Waals surface area contributed by atoms with Crippen LogP contribution in [0.1, 0.15) is 129 Å². The summed E-state index contributed by atoms with van der Waals surface area (Å²) < 4.78 is 12.7. The van der Waals surface area contributed by atoms with Crippen LogP contribution < -0.4 is 9.47 Å². The van der Waals surface area contributed by atoms with Gasteiger partial charge in [0, 0.05) is 11.1 Å². The van der Waals surface area contributed by atoms with Crippen LogP contribution in [-0.2, 0) is 26.5 Å². The zero-order chi connectivity index (χ0) is 30.8. The summed E-state index contributed by atoms with van der Waals surface area (Å²) in [5.74, 6) is -0.775. The topological polar surface area (TPSA) is 93.1 Å². The summed E-state index contributed by atoms with van der Waals surface area (Å²) in [7, 11) is 0. The van der Waals surface area contributed by atoms with Crippen LogP contribution >= 0.6 is 0 Å². The molecule has 0 amide bonds. The number of benzene rings is 2. The molecule has 2 aromatic carbocycles. The van der Waals surface area contributed by atoms with E-state index in [1.54, 1.807) is 12.1 Å². The highest BCUT2D eigenvalue weighted by atomic mass is 16.5. The lowest BCUT2D eigenvalue weighted by Gasteiger charge is -2.32. The van der Waals surface area contributed by atoms with Gasteiger partial charge in [0.1, 0.15) is 11.5 Å². The van der Waals surface area contributed by atoms with Crippen molar-refractivity contribution in [1.29, 1.82) is 0 Å². The van der Waals surface area contributed by atoms with Crippen LogP contribution in [0.4, 0.5) is 0 Å². The van der Waals surface area contributed by atoms with Gasteiger partial charge in [-0.05, 0) is 57.8 Å². The number of hydrogen-bond donors (Lipinski definition) is 2. The van der Waals surface area contributed by atoms with E-state index in [9.17, 15) is 19.8 Å². The third kappa shape index (κ3) is 8.25. The van der Waals surface area contributed by atoms with Crippen molar-refractivity contribution in [3.05, 3.63) is 58.1 Å². The van der Waals surface area contributed by atoms with E-state index in [1.807, 2.05) is 41.5 Å². The van der Waals surface area contributed by atoms with Crippen LogP contribution in [0.25, 0.3) is 0 Å². The van der Waals surface area contributed by atoms with E-state index in [0.717, 1.165) is 16.9 Å². The van der Waals surface area contributed by atoms with Crippen LogP contribution in [0.5, 0.6) is 11.5 Å². The van der Waals surface area contributed by atoms with Crippen LogP contribution in [0.15, 0.2) is 30.3 Å². The van der Waals surface area contributed by atoms with E-state index in [2.05, 4.69) is 59.7 Å². The summed E-state index contributed by atoms with van der Waals surface area (Å²) in [5, 5.41) is 19.9. The van der Waals surface area contributed by atoms with E-state index >= 15 is 0 Å². The molecule has 0 saturated carbocycles. The zero-order valence-electron chi connectivity index (χ0n) is 26.6. The number of carbonyl (C=O) groups is 2. The van der Waals surface area contributed by atoms with Crippen molar-refractivity contribution in [1.82, 2.24) is 0 Å². The fraction of sp³-hybridized carbons (Fsp3) is 0.588. The van der Waals surface area contributed by atoms with Gasteiger partial charge < -0.3 is 19.7 Å². The molecule has 1 atom stereocenters. The number of carboxylic acids is 2. The lowest BCUT2D eigenvalue weighted by Crippen LogP contribution is -2.31. The van der Waals surface area contributed by atoms with Crippen LogP contribution in [0.3, 0.4) is 0 Å². The molecule has 222 valence electrons. The number of rotatable bonds is 9.